The smallest absolute Gasteiger partial charge is 0.418 e. The molecule has 47 heavy (non-hydrogen) atoms. The zero-order valence-electron chi connectivity index (χ0n) is 27.2. The Hall–Kier alpha value is -4.45. The molecule has 1 unspecified atom stereocenters. The second kappa shape index (κ2) is 12.6. The molecule has 1 spiro atoms. The average molecular weight is 647 g/mol. The van der Waals surface area contributed by atoms with Crippen LogP contribution in [0.1, 0.15) is 63.6 Å². The van der Waals surface area contributed by atoms with Gasteiger partial charge in [0.15, 0.2) is 0 Å². The van der Waals surface area contributed by atoms with E-state index < -0.39 is 47.8 Å². The van der Waals surface area contributed by atoms with Gasteiger partial charge < -0.3 is 29.7 Å². The van der Waals surface area contributed by atoms with E-state index in [0.717, 1.165) is 28.9 Å². The Morgan fingerprint density at radius 2 is 1.79 bits per heavy atom. The van der Waals surface area contributed by atoms with Gasteiger partial charge in [0.05, 0.1) is 13.2 Å². The number of alkyl carbamates (subject to hydrolysis) is 1. The van der Waals surface area contributed by atoms with Crippen molar-refractivity contribution in [3.63, 3.8) is 0 Å². The first-order chi connectivity index (χ1) is 22.3. The first-order valence-electron chi connectivity index (χ1n) is 16.2. The van der Waals surface area contributed by atoms with E-state index in [1.54, 1.807) is 43.9 Å². The van der Waals surface area contributed by atoms with Crippen molar-refractivity contribution in [2.24, 2.45) is 11.8 Å². The summed E-state index contributed by atoms with van der Waals surface area (Å²) in [7, 11) is 0. The lowest BCUT2D eigenvalue weighted by Gasteiger charge is -2.33. The molecule has 2 saturated heterocycles. The number of imide groups is 1. The molecule has 250 valence electrons. The predicted molar refractivity (Wildman–Crippen MR) is 170 cm³/mol. The first-order valence-corrected chi connectivity index (χ1v) is 16.2. The molecule has 2 aromatic rings. The van der Waals surface area contributed by atoms with Crippen LogP contribution in [0.2, 0.25) is 0 Å². The van der Waals surface area contributed by atoms with Crippen LogP contribution in [0.15, 0.2) is 48.5 Å². The third kappa shape index (κ3) is 6.83. The highest BCUT2D eigenvalue weighted by Gasteiger charge is 2.58. The molecule has 3 fully saturated rings. The minimum absolute atomic E-state index is 0.0259. The fourth-order valence-electron chi connectivity index (χ4n) is 6.53. The molecule has 2 heterocycles. The predicted octanol–water partition coefficient (Wildman–Crippen LogP) is 4.11. The first kappa shape index (κ1) is 32.5. The van der Waals surface area contributed by atoms with Crippen LogP contribution in [0.5, 0.6) is 0 Å². The van der Waals surface area contributed by atoms with Crippen molar-refractivity contribution in [2.45, 2.75) is 83.2 Å². The van der Waals surface area contributed by atoms with Gasteiger partial charge >= 0.3 is 12.2 Å². The van der Waals surface area contributed by atoms with Gasteiger partial charge in [-0.25, -0.2) is 14.5 Å². The summed E-state index contributed by atoms with van der Waals surface area (Å²) < 4.78 is 16.4. The van der Waals surface area contributed by atoms with E-state index in [2.05, 4.69) is 10.6 Å². The number of nitrogens with zero attached hydrogens (tertiary/aromatic N) is 2. The summed E-state index contributed by atoms with van der Waals surface area (Å²) in [5, 5.41) is 5.53. The number of hydrogen-bond donors (Lipinski definition) is 2. The van der Waals surface area contributed by atoms with Crippen molar-refractivity contribution in [2.75, 3.05) is 25.1 Å². The molecule has 1 saturated carbocycles. The molecule has 0 radical (unpaired) electrons. The lowest BCUT2D eigenvalue weighted by molar-refractivity contribution is -0.143. The van der Waals surface area contributed by atoms with Crippen LogP contribution in [-0.2, 0) is 47.2 Å². The Kier molecular flexibility index (Phi) is 8.73. The fraction of sp³-hybridized carbons (Fsp3) is 0.514. The standard InChI is InChI=1S/C35H42N4O8/c1-21(23-10-11-23)38(17-22-8-6-5-7-9-22)28(40)18-39-31(42)35(47-33(39)44)15-14-24-16-26(12-13-27(24)35)36-30(41)29(25-19-45-20-25)37-32(43)46-34(2,3)4/h5-9,12-13,16,21,23,25,29H,10-11,14-15,17-20H2,1-4H3,(H,36,41)(H,37,43)/t21-,29+,35?/m0/s1. The molecular formula is C35H42N4O8. The van der Waals surface area contributed by atoms with Crippen molar-refractivity contribution < 1.29 is 38.2 Å². The maximum Gasteiger partial charge on any atom is 0.418 e. The molecule has 3 atom stereocenters. The van der Waals surface area contributed by atoms with Gasteiger partial charge in [-0.05, 0) is 76.1 Å². The summed E-state index contributed by atoms with van der Waals surface area (Å²) in [6, 6.07) is 13.8. The number of carbonyl (C=O) groups excluding carboxylic acids is 5. The van der Waals surface area contributed by atoms with E-state index in [1.807, 2.05) is 37.3 Å². The minimum atomic E-state index is -1.52. The highest BCUT2D eigenvalue weighted by molar-refractivity contribution is 6.06. The number of anilines is 1. The van der Waals surface area contributed by atoms with E-state index in [-0.39, 0.29) is 24.3 Å². The largest absolute Gasteiger partial charge is 0.444 e. The molecular weight excluding hydrogens is 604 g/mol. The molecule has 5 amide bonds. The number of amides is 5. The minimum Gasteiger partial charge on any atom is -0.444 e. The summed E-state index contributed by atoms with van der Waals surface area (Å²) in [6.45, 7) is 7.89. The van der Waals surface area contributed by atoms with Crippen LogP contribution < -0.4 is 10.6 Å². The Bertz CT molecular complexity index is 1560. The summed E-state index contributed by atoms with van der Waals surface area (Å²) in [6.07, 6.45) is 1.20. The van der Waals surface area contributed by atoms with Gasteiger partial charge in [-0.15, -0.1) is 0 Å². The van der Waals surface area contributed by atoms with Gasteiger partial charge in [-0.1, -0.05) is 36.4 Å². The summed E-state index contributed by atoms with van der Waals surface area (Å²) >= 11 is 0. The van der Waals surface area contributed by atoms with Crippen LogP contribution in [0.3, 0.4) is 0 Å². The van der Waals surface area contributed by atoms with E-state index in [1.165, 1.54) is 0 Å². The van der Waals surface area contributed by atoms with Gasteiger partial charge in [-0.2, -0.15) is 0 Å². The summed E-state index contributed by atoms with van der Waals surface area (Å²) in [5.74, 6) is -1.10. The van der Waals surface area contributed by atoms with Crippen LogP contribution in [0, 0.1) is 11.8 Å². The Morgan fingerprint density at radius 3 is 2.43 bits per heavy atom. The number of ether oxygens (including phenoxy) is 3. The van der Waals surface area contributed by atoms with Gasteiger partial charge in [0.1, 0.15) is 18.2 Å². The zero-order chi connectivity index (χ0) is 33.5. The Balaban J connectivity index is 1.14. The molecule has 0 bridgehead atoms. The van der Waals surface area contributed by atoms with Crippen LogP contribution in [-0.4, -0.2) is 77.2 Å². The van der Waals surface area contributed by atoms with Gasteiger partial charge in [-0.3, -0.25) is 14.4 Å². The van der Waals surface area contributed by atoms with Crippen LogP contribution in [0.4, 0.5) is 15.3 Å². The molecule has 2 aliphatic carbocycles. The third-order valence-electron chi connectivity index (χ3n) is 9.32. The molecule has 2 N–H and O–H groups in total. The number of rotatable bonds is 10. The number of hydrogen-bond acceptors (Lipinski definition) is 8. The topological polar surface area (TPSA) is 144 Å². The molecule has 0 aromatic heterocycles. The number of aryl methyl sites for hydroxylation is 1. The molecule has 12 heteroatoms. The Labute approximate surface area is 274 Å². The van der Waals surface area contributed by atoms with E-state index in [4.69, 9.17) is 14.2 Å². The van der Waals surface area contributed by atoms with Crippen LogP contribution in [0.25, 0.3) is 0 Å². The van der Waals surface area contributed by atoms with E-state index >= 15 is 0 Å². The van der Waals surface area contributed by atoms with Crippen molar-refractivity contribution in [1.29, 1.82) is 0 Å². The second-order valence-electron chi connectivity index (χ2n) is 14.0. The van der Waals surface area contributed by atoms with E-state index in [0.29, 0.717) is 43.3 Å². The third-order valence-corrected chi connectivity index (χ3v) is 9.32. The van der Waals surface area contributed by atoms with Gasteiger partial charge in [0.25, 0.3) is 5.91 Å². The lowest BCUT2D eigenvalue weighted by atomic mass is 9.94. The fourth-order valence-corrected chi connectivity index (χ4v) is 6.53. The molecule has 4 aliphatic rings. The second-order valence-corrected chi connectivity index (χ2v) is 14.0. The average Bonchev–Trinajstić information content (AvgIpc) is 3.74. The summed E-state index contributed by atoms with van der Waals surface area (Å²) in [5.41, 5.74) is 0.474. The SMILES string of the molecule is C[C@@H](C1CC1)N(Cc1ccccc1)C(=O)CN1C(=O)OC2(CCc3cc(NC(=O)[C@H](NC(=O)OC(C)(C)C)C4COC4)ccc32)C1=O. The maximum atomic E-state index is 13.9. The van der Waals surface area contributed by atoms with Crippen molar-refractivity contribution in [1.82, 2.24) is 15.1 Å². The monoisotopic (exact) mass is 646 g/mol. The molecule has 6 rings (SSSR count). The number of nitrogens with one attached hydrogen (secondary N) is 2. The van der Waals surface area contributed by atoms with Crippen molar-refractivity contribution in [3.05, 3.63) is 65.2 Å². The highest BCUT2D eigenvalue weighted by atomic mass is 16.6. The maximum absolute atomic E-state index is 13.9. The lowest BCUT2D eigenvalue weighted by Crippen LogP contribution is -2.55. The molecule has 12 nitrogen and oxygen atoms in total. The van der Waals surface area contributed by atoms with E-state index in [9.17, 15) is 24.0 Å². The van der Waals surface area contributed by atoms with Crippen molar-refractivity contribution in [3.8, 4) is 0 Å². The van der Waals surface area contributed by atoms with Crippen LogP contribution >= 0.6 is 0 Å². The molecule has 2 aromatic carbocycles. The molecule has 2 aliphatic heterocycles. The van der Waals surface area contributed by atoms with Gasteiger partial charge in [0, 0.05) is 36.2 Å². The number of carbonyl (C=O) groups is 5. The van der Waals surface area contributed by atoms with Gasteiger partial charge in [0.2, 0.25) is 17.4 Å². The number of benzene rings is 2. The number of fused-ring (bicyclic) bond motifs is 2. The highest BCUT2D eigenvalue weighted by Crippen LogP contribution is 2.46. The quantitative estimate of drug-likeness (QED) is 0.393. The normalized spacial score (nSPS) is 21.8. The summed E-state index contributed by atoms with van der Waals surface area (Å²) in [4.78, 5) is 69.1. The zero-order valence-corrected chi connectivity index (χ0v) is 27.2. The van der Waals surface area contributed by atoms with Crippen molar-refractivity contribution >= 4 is 35.6 Å². The Morgan fingerprint density at radius 1 is 1.06 bits per heavy atom.